The van der Waals surface area contributed by atoms with Crippen molar-refractivity contribution in [3.8, 4) is 0 Å². The first-order valence-corrected chi connectivity index (χ1v) is 4.86. The predicted molar refractivity (Wildman–Crippen MR) is 52.2 cm³/mol. The number of carbonyl (C=O) groups is 2. The summed E-state index contributed by atoms with van der Waals surface area (Å²) >= 11 is 0. The van der Waals surface area contributed by atoms with Crippen LogP contribution in [0.15, 0.2) is 10.6 Å². The zero-order valence-electron chi connectivity index (χ0n) is 8.73. The third-order valence-electron chi connectivity index (χ3n) is 2.04. The minimum atomic E-state index is -0.782. The van der Waals surface area contributed by atoms with Gasteiger partial charge in [0.25, 0.3) is 0 Å². The van der Waals surface area contributed by atoms with E-state index in [1.807, 2.05) is 0 Å². The lowest BCUT2D eigenvalue weighted by Gasteiger charge is -2.11. The van der Waals surface area contributed by atoms with Crippen LogP contribution in [0.5, 0.6) is 0 Å². The van der Waals surface area contributed by atoms with Gasteiger partial charge >= 0.3 is 11.8 Å². The molecule has 0 atom stereocenters. The van der Waals surface area contributed by atoms with Crippen LogP contribution in [0.25, 0.3) is 0 Å². The predicted octanol–water partition coefficient (Wildman–Crippen LogP) is 0.0854. The maximum absolute atomic E-state index is 11.5. The fourth-order valence-electron chi connectivity index (χ4n) is 1.32. The summed E-state index contributed by atoms with van der Waals surface area (Å²) in [6.07, 6.45) is 0.738. The van der Waals surface area contributed by atoms with E-state index in [9.17, 15) is 9.59 Å². The van der Waals surface area contributed by atoms with Crippen LogP contribution < -0.4 is 5.32 Å². The van der Waals surface area contributed by atoms with Crippen LogP contribution >= 0.6 is 0 Å². The van der Waals surface area contributed by atoms with Crippen molar-refractivity contribution in [3.05, 3.63) is 11.8 Å². The van der Waals surface area contributed by atoms with Gasteiger partial charge in [-0.1, -0.05) is 5.16 Å². The van der Waals surface area contributed by atoms with E-state index in [1.54, 1.807) is 6.92 Å². The molecule has 0 saturated carbocycles. The minimum Gasteiger partial charge on any atom is -0.360 e. The lowest BCUT2D eigenvalue weighted by molar-refractivity contribution is -0.172. The van der Waals surface area contributed by atoms with Gasteiger partial charge in [-0.25, -0.2) is 5.06 Å². The van der Waals surface area contributed by atoms with E-state index in [0.29, 0.717) is 18.9 Å². The highest BCUT2D eigenvalue weighted by Crippen LogP contribution is 2.09. The first-order chi connectivity index (χ1) is 7.66. The normalized spacial score (nSPS) is 15.2. The monoisotopic (exact) mass is 225 g/mol. The molecule has 7 heteroatoms. The average Bonchev–Trinajstić information content (AvgIpc) is 2.88. The molecule has 1 aliphatic rings. The number of aryl methyl sites for hydroxylation is 1. The molecule has 0 bridgehead atoms. The van der Waals surface area contributed by atoms with Gasteiger partial charge in [-0.05, 0) is 13.3 Å². The molecule has 86 valence electrons. The van der Waals surface area contributed by atoms with E-state index in [0.717, 1.165) is 11.5 Å². The van der Waals surface area contributed by atoms with Crippen LogP contribution in [0.1, 0.15) is 12.2 Å². The number of hydroxylamine groups is 2. The Morgan fingerprint density at radius 2 is 2.38 bits per heavy atom. The third kappa shape index (κ3) is 2.19. The highest BCUT2D eigenvalue weighted by Gasteiger charge is 2.26. The molecule has 2 amide bonds. The van der Waals surface area contributed by atoms with Gasteiger partial charge in [0.1, 0.15) is 5.76 Å². The summed E-state index contributed by atoms with van der Waals surface area (Å²) in [4.78, 5) is 27.9. The molecular formula is C9H11N3O4. The van der Waals surface area contributed by atoms with Crippen molar-refractivity contribution >= 4 is 17.6 Å². The number of amides is 2. The van der Waals surface area contributed by atoms with Crippen LogP contribution in [-0.4, -0.2) is 35.2 Å². The number of rotatable bonds is 1. The van der Waals surface area contributed by atoms with E-state index in [2.05, 4.69) is 10.5 Å². The van der Waals surface area contributed by atoms with Crippen molar-refractivity contribution in [3.63, 3.8) is 0 Å². The van der Waals surface area contributed by atoms with Crippen LogP contribution in [-0.2, 0) is 14.4 Å². The topological polar surface area (TPSA) is 84.7 Å². The van der Waals surface area contributed by atoms with Crippen LogP contribution in [0.4, 0.5) is 5.82 Å². The standard InChI is InChI=1S/C9H11N3O4/c1-6-5-7(11-16-6)10-8(13)9(14)12-3-2-4-15-12/h5H,2-4H2,1H3,(H,10,11,13). The van der Waals surface area contributed by atoms with Gasteiger partial charge in [0.05, 0.1) is 13.2 Å². The molecule has 16 heavy (non-hydrogen) atoms. The Labute approximate surface area is 91.3 Å². The second-order valence-corrected chi connectivity index (χ2v) is 3.37. The molecular weight excluding hydrogens is 214 g/mol. The molecule has 2 rings (SSSR count). The van der Waals surface area contributed by atoms with Gasteiger partial charge in [-0.15, -0.1) is 0 Å². The Kier molecular flexibility index (Phi) is 2.86. The number of nitrogens with one attached hydrogen (secondary N) is 1. The van der Waals surface area contributed by atoms with Crippen LogP contribution in [0.2, 0.25) is 0 Å². The molecule has 0 aromatic carbocycles. The maximum atomic E-state index is 11.5. The van der Waals surface area contributed by atoms with E-state index in [1.165, 1.54) is 6.07 Å². The summed E-state index contributed by atoms with van der Waals surface area (Å²) in [5, 5.41) is 6.91. The number of anilines is 1. The van der Waals surface area contributed by atoms with Crippen molar-refractivity contribution in [2.75, 3.05) is 18.5 Å². The minimum absolute atomic E-state index is 0.218. The van der Waals surface area contributed by atoms with Crippen LogP contribution in [0, 0.1) is 6.92 Å². The lowest BCUT2D eigenvalue weighted by atomic mass is 10.4. The number of hydrogen-bond donors (Lipinski definition) is 1. The molecule has 0 unspecified atom stereocenters. The highest BCUT2D eigenvalue weighted by atomic mass is 16.7. The van der Waals surface area contributed by atoms with Crippen LogP contribution in [0.3, 0.4) is 0 Å². The fraction of sp³-hybridized carbons (Fsp3) is 0.444. The Morgan fingerprint density at radius 1 is 1.56 bits per heavy atom. The number of aromatic nitrogens is 1. The zero-order valence-corrected chi connectivity index (χ0v) is 8.73. The zero-order chi connectivity index (χ0) is 11.5. The Morgan fingerprint density at radius 3 is 2.94 bits per heavy atom. The molecule has 1 N–H and O–H groups in total. The van der Waals surface area contributed by atoms with E-state index in [4.69, 9.17) is 9.36 Å². The van der Waals surface area contributed by atoms with Gasteiger partial charge < -0.3 is 4.52 Å². The average molecular weight is 225 g/mol. The van der Waals surface area contributed by atoms with E-state index < -0.39 is 11.8 Å². The number of hydrogen-bond acceptors (Lipinski definition) is 5. The molecule has 1 aliphatic heterocycles. The van der Waals surface area contributed by atoms with E-state index >= 15 is 0 Å². The fourth-order valence-corrected chi connectivity index (χ4v) is 1.32. The Hall–Kier alpha value is -1.89. The lowest BCUT2D eigenvalue weighted by Crippen LogP contribution is -2.37. The highest BCUT2D eigenvalue weighted by molar-refractivity contribution is 6.39. The Bertz CT molecular complexity index is 409. The summed E-state index contributed by atoms with van der Waals surface area (Å²) in [7, 11) is 0. The molecule has 2 heterocycles. The molecule has 1 saturated heterocycles. The van der Waals surface area contributed by atoms with Crippen molar-refractivity contribution < 1.29 is 18.9 Å². The number of carbonyl (C=O) groups excluding carboxylic acids is 2. The quantitative estimate of drug-likeness (QED) is 0.684. The van der Waals surface area contributed by atoms with Crippen molar-refractivity contribution in [2.45, 2.75) is 13.3 Å². The largest absolute Gasteiger partial charge is 0.360 e. The summed E-state index contributed by atoms with van der Waals surface area (Å²) < 4.78 is 4.75. The second-order valence-electron chi connectivity index (χ2n) is 3.37. The summed E-state index contributed by atoms with van der Waals surface area (Å²) in [6, 6.07) is 1.52. The molecule has 1 aromatic rings. The second kappa shape index (κ2) is 4.31. The maximum Gasteiger partial charge on any atom is 0.335 e. The van der Waals surface area contributed by atoms with Gasteiger partial charge in [-0.3, -0.25) is 19.7 Å². The van der Waals surface area contributed by atoms with Gasteiger partial charge in [0.2, 0.25) is 0 Å². The van der Waals surface area contributed by atoms with Gasteiger partial charge in [-0.2, -0.15) is 0 Å². The molecule has 0 spiro atoms. The SMILES string of the molecule is Cc1cc(NC(=O)C(=O)N2CCCO2)no1. The summed E-state index contributed by atoms with van der Waals surface area (Å²) in [6.45, 7) is 2.58. The Balaban J connectivity index is 1.94. The van der Waals surface area contributed by atoms with Crippen molar-refractivity contribution in [2.24, 2.45) is 0 Å². The third-order valence-corrected chi connectivity index (χ3v) is 2.04. The van der Waals surface area contributed by atoms with E-state index in [-0.39, 0.29) is 5.82 Å². The first kappa shape index (κ1) is 10.6. The number of nitrogens with zero attached hydrogens (tertiary/aromatic N) is 2. The molecule has 0 radical (unpaired) electrons. The molecule has 1 aromatic heterocycles. The van der Waals surface area contributed by atoms with Gasteiger partial charge in [0, 0.05) is 6.07 Å². The van der Waals surface area contributed by atoms with Crippen molar-refractivity contribution in [1.82, 2.24) is 10.2 Å². The van der Waals surface area contributed by atoms with Crippen molar-refractivity contribution in [1.29, 1.82) is 0 Å². The summed E-state index contributed by atoms with van der Waals surface area (Å²) in [5.74, 6) is -0.733. The molecule has 1 fully saturated rings. The smallest absolute Gasteiger partial charge is 0.335 e. The molecule has 0 aliphatic carbocycles. The summed E-state index contributed by atoms with van der Waals surface area (Å²) in [5.41, 5.74) is 0. The van der Waals surface area contributed by atoms with Gasteiger partial charge in [0.15, 0.2) is 5.82 Å². The molecule has 7 nitrogen and oxygen atoms in total. The first-order valence-electron chi connectivity index (χ1n) is 4.86.